The van der Waals surface area contributed by atoms with Gasteiger partial charge in [0.05, 0.1) is 17.1 Å². The molecular weight excluding hydrogens is 484 g/mol. The fourth-order valence-corrected chi connectivity index (χ4v) is 11.4. The molecule has 0 aliphatic carbocycles. The van der Waals surface area contributed by atoms with E-state index in [0.717, 1.165) is 53.1 Å². The van der Waals surface area contributed by atoms with Crippen LogP contribution in [0.25, 0.3) is 22.6 Å². The summed E-state index contributed by atoms with van der Waals surface area (Å²) in [6.07, 6.45) is 5.52. The van der Waals surface area contributed by atoms with Crippen molar-refractivity contribution in [3.8, 4) is 22.6 Å². The fourth-order valence-electron chi connectivity index (χ4n) is 5.57. The predicted octanol–water partition coefficient (Wildman–Crippen LogP) is 7.46. The molecule has 2 heterocycles. The van der Waals surface area contributed by atoms with E-state index in [1.807, 2.05) is 36.7 Å². The highest BCUT2D eigenvalue weighted by Crippen LogP contribution is 2.42. The molecule has 0 aliphatic heterocycles. The molecule has 196 valence electrons. The molecular formula is C28H42N4O2SSi. The van der Waals surface area contributed by atoms with Crippen LogP contribution in [0.15, 0.2) is 47.8 Å². The highest BCUT2D eigenvalue weighted by molar-refractivity contribution is 7.98. The first kappa shape index (κ1) is 28.6. The van der Waals surface area contributed by atoms with E-state index in [0.29, 0.717) is 23.4 Å². The maximum atomic E-state index is 6.82. The van der Waals surface area contributed by atoms with Gasteiger partial charge in [0.25, 0.3) is 0 Å². The number of ether oxygens (including phenoxy) is 1. The van der Waals surface area contributed by atoms with E-state index in [2.05, 4.69) is 63.2 Å². The molecule has 0 saturated carbocycles. The van der Waals surface area contributed by atoms with Crippen molar-refractivity contribution in [2.45, 2.75) is 82.9 Å². The molecule has 0 atom stereocenters. The van der Waals surface area contributed by atoms with Gasteiger partial charge in [0.1, 0.15) is 12.6 Å². The average molecular weight is 527 g/mol. The van der Waals surface area contributed by atoms with E-state index < -0.39 is 8.32 Å². The summed E-state index contributed by atoms with van der Waals surface area (Å²) in [6.45, 7) is 15.2. The summed E-state index contributed by atoms with van der Waals surface area (Å²) in [5, 5.41) is 0.740. The number of hydrogen-bond acceptors (Lipinski definition) is 6. The lowest BCUT2D eigenvalue weighted by Gasteiger charge is -2.42. The zero-order valence-corrected chi connectivity index (χ0v) is 24.9. The van der Waals surface area contributed by atoms with Crippen LogP contribution < -0.4 is 0 Å². The second kappa shape index (κ2) is 13.0. The predicted molar refractivity (Wildman–Crippen MR) is 153 cm³/mol. The molecule has 1 aromatic carbocycles. The minimum absolute atomic E-state index is 0.409. The number of thioether (sulfide) groups is 1. The van der Waals surface area contributed by atoms with E-state index in [1.165, 1.54) is 11.8 Å². The largest absolute Gasteiger partial charge is 0.416 e. The summed E-state index contributed by atoms with van der Waals surface area (Å²) in [5.41, 5.74) is 5.53. The highest BCUT2D eigenvalue weighted by Gasteiger charge is 2.44. The Balaban J connectivity index is 1.96. The Hall–Kier alpha value is -2.00. The standard InChI is InChI=1S/C28H42N4O2SSi/c1-20(2)36(21(3)4,22(5)6)34-18-12-15-25-31-26(23-13-10-9-11-14-23)27(32(25)19-33-7)24-16-17-29-28(30-24)35-8/h9-11,13-14,16-17,20-22H,12,15,18-19H2,1-8H3. The van der Waals surface area contributed by atoms with Crippen LogP contribution in [0.5, 0.6) is 0 Å². The van der Waals surface area contributed by atoms with E-state index in [-0.39, 0.29) is 0 Å². The van der Waals surface area contributed by atoms with Crippen molar-refractivity contribution in [3.05, 3.63) is 48.4 Å². The van der Waals surface area contributed by atoms with Crippen LogP contribution in [-0.2, 0) is 22.3 Å². The molecule has 36 heavy (non-hydrogen) atoms. The Morgan fingerprint density at radius 1 is 0.944 bits per heavy atom. The summed E-state index contributed by atoms with van der Waals surface area (Å²) in [4.78, 5) is 14.3. The molecule has 0 unspecified atom stereocenters. The summed E-state index contributed by atoms with van der Waals surface area (Å²) >= 11 is 1.54. The van der Waals surface area contributed by atoms with Gasteiger partial charge in [0.15, 0.2) is 13.5 Å². The number of rotatable bonds is 13. The Bertz CT molecular complexity index is 1080. The van der Waals surface area contributed by atoms with E-state index in [9.17, 15) is 0 Å². The van der Waals surface area contributed by atoms with Gasteiger partial charge < -0.3 is 13.7 Å². The second-order valence-electron chi connectivity index (χ2n) is 10.1. The monoisotopic (exact) mass is 526 g/mol. The first-order valence-electron chi connectivity index (χ1n) is 12.9. The van der Waals surface area contributed by atoms with E-state index >= 15 is 0 Å². The molecule has 0 spiro atoms. The van der Waals surface area contributed by atoms with E-state index in [1.54, 1.807) is 7.11 Å². The van der Waals surface area contributed by atoms with Crippen LogP contribution in [0.3, 0.4) is 0 Å². The van der Waals surface area contributed by atoms with Gasteiger partial charge >= 0.3 is 0 Å². The Morgan fingerprint density at radius 3 is 2.19 bits per heavy atom. The molecule has 6 nitrogen and oxygen atoms in total. The number of nitrogens with zero attached hydrogens (tertiary/aromatic N) is 4. The van der Waals surface area contributed by atoms with Crippen molar-refractivity contribution < 1.29 is 9.16 Å². The normalized spacial score (nSPS) is 12.3. The summed E-state index contributed by atoms with van der Waals surface area (Å²) in [7, 11) is -0.165. The first-order valence-corrected chi connectivity index (χ1v) is 16.3. The lowest BCUT2D eigenvalue weighted by molar-refractivity contribution is 0.129. The smallest absolute Gasteiger partial charge is 0.200 e. The first-order chi connectivity index (χ1) is 17.3. The van der Waals surface area contributed by atoms with Gasteiger partial charge in [0, 0.05) is 31.9 Å². The maximum Gasteiger partial charge on any atom is 0.200 e. The molecule has 0 amide bonds. The Morgan fingerprint density at radius 2 is 1.61 bits per heavy atom. The minimum atomic E-state index is -1.89. The van der Waals surface area contributed by atoms with E-state index in [4.69, 9.17) is 19.1 Å². The van der Waals surface area contributed by atoms with Gasteiger partial charge in [-0.2, -0.15) is 0 Å². The van der Waals surface area contributed by atoms with Crippen LogP contribution >= 0.6 is 11.8 Å². The number of hydrogen-bond donors (Lipinski definition) is 0. The number of aromatic nitrogens is 4. The van der Waals surface area contributed by atoms with Gasteiger partial charge in [-0.3, -0.25) is 0 Å². The van der Waals surface area contributed by atoms with Crippen molar-refractivity contribution in [2.75, 3.05) is 20.0 Å². The van der Waals surface area contributed by atoms with Crippen molar-refractivity contribution in [2.24, 2.45) is 0 Å². The Labute approximate surface area is 222 Å². The SMILES string of the molecule is COCn1c(CCCO[Si](C(C)C)(C(C)C)C(C)C)nc(-c2ccccc2)c1-c1ccnc(SC)n1. The zero-order valence-electron chi connectivity index (χ0n) is 23.1. The fraction of sp³-hybridized carbons (Fsp3) is 0.536. The zero-order chi connectivity index (χ0) is 26.3. The van der Waals surface area contributed by atoms with Crippen LogP contribution in [0.2, 0.25) is 16.6 Å². The quantitative estimate of drug-likeness (QED) is 0.0997. The van der Waals surface area contributed by atoms with Gasteiger partial charge in [-0.1, -0.05) is 83.6 Å². The minimum Gasteiger partial charge on any atom is -0.416 e. The summed E-state index contributed by atoms with van der Waals surface area (Å²) in [6, 6.07) is 12.3. The van der Waals surface area contributed by atoms with Gasteiger partial charge in [0.2, 0.25) is 0 Å². The van der Waals surface area contributed by atoms with Crippen LogP contribution in [0, 0.1) is 0 Å². The van der Waals surface area contributed by atoms with Crippen molar-refractivity contribution in [1.82, 2.24) is 19.5 Å². The Kier molecular flexibility index (Phi) is 10.3. The van der Waals surface area contributed by atoms with Crippen LogP contribution in [0.1, 0.15) is 53.8 Å². The molecule has 8 heteroatoms. The van der Waals surface area contributed by atoms with Gasteiger partial charge in [-0.05, 0) is 35.4 Å². The lowest BCUT2D eigenvalue weighted by atomic mass is 10.1. The number of benzene rings is 1. The van der Waals surface area contributed by atoms with Crippen molar-refractivity contribution in [3.63, 3.8) is 0 Å². The number of methoxy groups -OCH3 is 1. The average Bonchev–Trinajstić information content (AvgIpc) is 3.22. The van der Waals surface area contributed by atoms with Crippen LogP contribution in [0.4, 0.5) is 0 Å². The number of aryl methyl sites for hydroxylation is 1. The molecule has 0 bridgehead atoms. The second-order valence-corrected chi connectivity index (χ2v) is 16.4. The molecule has 3 aromatic rings. The van der Waals surface area contributed by atoms with Crippen LogP contribution in [-0.4, -0.2) is 47.8 Å². The topological polar surface area (TPSA) is 62.1 Å². The highest BCUT2D eigenvalue weighted by atomic mass is 32.2. The molecule has 0 fully saturated rings. The van der Waals surface area contributed by atoms with Gasteiger partial charge in [-0.25, -0.2) is 15.0 Å². The third-order valence-corrected chi connectivity index (χ3v) is 13.7. The molecule has 3 rings (SSSR count). The maximum absolute atomic E-state index is 6.82. The third kappa shape index (κ3) is 6.10. The molecule has 0 saturated heterocycles. The molecule has 2 aromatic heterocycles. The van der Waals surface area contributed by atoms with Crippen molar-refractivity contribution >= 4 is 20.1 Å². The lowest BCUT2D eigenvalue weighted by Crippen LogP contribution is -2.48. The van der Waals surface area contributed by atoms with Gasteiger partial charge in [-0.15, -0.1) is 0 Å². The van der Waals surface area contributed by atoms with Crippen molar-refractivity contribution in [1.29, 1.82) is 0 Å². The summed E-state index contributed by atoms with van der Waals surface area (Å²) in [5.74, 6) is 0.990. The third-order valence-electron chi connectivity index (χ3n) is 7.01. The number of imidazole rings is 1. The summed E-state index contributed by atoms with van der Waals surface area (Å²) < 4.78 is 14.6. The molecule has 0 aliphatic rings. The molecule has 0 radical (unpaired) electrons. The molecule has 0 N–H and O–H groups in total.